The average Bonchev–Trinajstić information content (AvgIpc) is 3.12. The summed E-state index contributed by atoms with van der Waals surface area (Å²) in [7, 11) is 7.60. The first-order valence-electron chi connectivity index (χ1n) is 11.2. The second-order valence-corrected chi connectivity index (χ2v) is 8.17. The van der Waals surface area contributed by atoms with Crippen LogP contribution < -0.4 is 25.2 Å². The predicted molar refractivity (Wildman–Crippen MR) is 134 cm³/mol. The number of aromatic nitrogens is 3. The van der Waals surface area contributed by atoms with Gasteiger partial charge in [-0.05, 0) is 32.7 Å². The molecule has 2 aromatic rings. The molecule has 3 rings (SSSR count). The van der Waals surface area contributed by atoms with E-state index in [9.17, 15) is 4.79 Å². The van der Waals surface area contributed by atoms with E-state index in [1.54, 1.807) is 7.11 Å². The number of hydrogen-bond donors (Lipinski definition) is 2. The van der Waals surface area contributed by atoms with Gasteiger partial charge < -0.3 is 34.8 Å². The summed E-state index contributed by atoms with van der Waals surface area (Å²) >= 11 is 0. The highest BCUT2D eigenvalue weighted by Gasteiger charge is 2.18. The van der Waals surface area contributed by atoms with Gasteiger partial charge in [0.25, 0.3) is 0 Å². The number of methoxy groups -OCH3 is 1. The van der Waals surface area contributed by atoms with Crippen molar-refractivity contribution in [3.05, 3.63) is 31.1 Å². The zero-order valence-corrected chi connectivity index (χ0v) is 20.4. The molecule has 184 valence electrons. The number of ether oxygens (including phenoxy) is 2. The van der Waals surface area contributed by atoms with E-state index in [0.29, 0.717) is 35.6 Å². The Morgan fingerprint density at radius 3 is 2.76 bits per heavy atom. The van der Waals surface area contributed by atoms with E-state index in [1.807, 2.05) is 33.3 Å². The second-order valence-electron chi connectivity index (χ2n) is 8.17. The molecule has 1 fully saturated rings. The summed E-state index contributed by atoms with van der Waals surface area (Å²) in [5, 5.41) is 6.11. The van der Waals surface area contributed by atoms with Gasteiger partial charge in [0.15, 0.2) is 0 Å². The lowest BCUT2D eigenvalue weighted by molar-refractivity contribution is -0.111. The summed E-state index contributed by atoms with van der Waals surface area (Å²) in [5.41, 5.74) is 2.05. The summed E-state index contributed by atoms with van der Waals surface area (Å²) < 4.78 is 11.2. The Morgan fingerprint density at radius 2 is 2.03 bits per heavy atom. The molecule has 1 aliphatic heterocycles. The number of nitrogens with one attached hydrogen (secondary N) is 2. The molecule has 0 bridgehead atoms. The molecule has 0 unspecified atom stereocenters. The van der Waals surface area contributed by atoms with Crippen LogP contribution in [0.4, 0.5) is 29.0 Å². The first-order valence-corrected chi connectivity index (χ1v) is 11.2. The van der Waals surface area contributed by atoms with E-state index in [4.69, 9.17) is 9.47 Å². The predicted octanol–water partition coefficient (Wildman–Crippen LogP) is 1.97. The lowest BCUT2D eigenvalue weighted by Gasteiger charge is -2.26. The van der Waals surface area contributed by atoms with E-state index < -0.39 is 0 Å². The van der Waals surface area contributed by atoms with Crippen LogP contribution in [-0.2, 0) is 9.53 Å². The van der Waals surface area contributed by atoms with Crippen molar-refractivity contribution in [2.75, 3.05) is 88.1 Å². The van der Waals surface area contributed by atoms with Crippen LogP contribution in [0, 0.1) is 0 Å². The minimum atomic E-state index is -0.302. The smallest absolute Gasteiger partial charge is 0.247 e. The number of hydrogen-bond acceptors (Lipinski definition) is 10. The van der Waals surface area contributed by atoms with E-state index in [1.165, 1.54) is 12.4 Å². The number of carbonyl (C=O) groups excluding carboxylic acids is 1. The maximum absolute atomic E-state index is 12.1. The van der Waals surface area contributed by atoms with Crippen LogP contribution in [0.3, 0.4) is 0 Å². The van der Waals surface area contributed by atoms with Crippen LogP contribution in [-0.4, -0.2) is 93.4 Å². The molecule has 1 saturated heterocycles. The fourth-order valence-electron chi connectivity index (χ4n) is 3.47. The molecule has 0 spiro atoms. The molecule has 34 heavy (non-hydrogen) atoms. The van der Waals surface area contributed by atoms with Crippen molar-refractivity contribution in [2.45, 2.75) is 6.42 Å². The molecule has 0 aliphatic carbocycles. The largest absolute Gasteiger partial charge is 0.494 e. The molecule has 1 amide bonds. The van der Waals surface area contributed by atoms with Crippen molar-refractivity contribution in [1.29, 1.82) is 0 Å². The van der Waals surface area contributed by atoms with Gasteiger partial charge in [-0.25, -0.2) is 9.97 Å². The Morgan fingerprint density at radius 1 is 1.21 bits per heavy atom. The van der Waals surface area contributed by atoms with Crippen molar-refractivity contribution in [3.8, 4) is 5.75 Å². The Bertz CT molecular complexity index is 977. The van der Waals surface area contributed by atoms with Gasteiger partial charge in [0.1, 0.15) is 12.1 Å². The molecule has 0 atom stereocenters. The van der Waals surface area contributed by atoms with Gasteiger partial charge in [-0.3, -0.25) is 4.79 Å². The number of nitrogens with zero attached hydrogens (tertiary/aromatic N) is 6. The van der Waals surface area contributed by atoms with Crippen molar-refractivity contribution >= 4 is 34.9 Å². The van der Waals surface area contributed by atoms with Gasteiger partial charge >= 0.3 is 0 Å². The van der Waals surface area contributed by atoms with Gasteiger partial charge in [-0.2, -0.15) is 4.98 Å². The third kappa shape index (κ3) is 6.78. The van der Waals surface area contributed by atoms with Gasteiger partial charge in [-0.15, -0.1) is 0 Å². The Labute approximate surface area is 200 Å². The maximum Gasteiger partial charge on any atom is 0.247 e. The van der Waals surface area contributed by atoms with Crippen LogP contribution in [0.5, 0.6) is 5.75 Å². The van der Waals surface area contributed by atoms with E-state index in [-0.39, 0.29) is 5.91 Å². The molecular weight excluding hydrogens is 436 g/mol. The van der Waals surface area contributed by atoms with Crippen molar-refractivity contribution in [2.24, 2.45) is 0 Å². The molecule has 11 heteroatoms. The Hall–Kier alpha value is -3.44. The zero-order chi connectivity index (χ0) is 24.5. The second kappa shape index (κ2) is 12.1. The molecule has 2 heterocycles. The van der Waals surface area contributed by atoms with Gasteiger partial charge in [0, 0.05) is 45.9 Å². The fraction of sp³-hybridized carbons (Fsp3) is 0.478. The third-order valence-electron chi connectivity index (χ3n) is 5.37. The molecule has 1 aromatic carbocycles. The van der Waals surface area contributed by atoms with Crippen LogP contribution in [0.1, 0.15) is 6.42 Å². The van der Waals surface area contributed by atoms with Crippen molar-refractivity contribution in [1.82, 2.24) is 19.9 Å². The lowest BCUT2D eigenvalue weighted by Crippen LogP contribution is -2.29. The maximum atomic E-state index is 12.1. The molecular formula is C23H34N8O3. The fourth-order valence-corrected chi connectivity index (χ4v) is 3.47. The number of carbonyl (C=O) groups is 1. The van der Waals surface area contributed by atoms with E-state index in [2.05, 4.69) is 46.9 Å². The van der Waals surface area contributed by atoms with Crippen molar-refractivity contribution < 1.29 is 14.3 Å². The van der Waals surface area contributed by atoms with Gasteiger partial charge in [-0.1, -0.05) is 6.58 Å². The van der Waals surface area contributed by atoms with Gasteiger partial charge in [0.2, 0.25) is 17.8 Å². The summed E-state index contributed by atoms with van der Waals surface area (Å²) in [5.74, 6) is 1.25. The topological polar surface area (TPSA) is 108 Å². The Balaban J connectivity index is 1.91. The molecule has 2 N–H and O–H groups in total. The van der Waals surface area contributed by atoms with E-state index in [0.717, 1.165) is 44.9 Å². The van der Waals surface area contributed by atoms with Crippen LogP contribution >= 0.6 is 0 Å². The summed E-state index contributed by atoms with van der Waals surface area (Å²) in [6, 6.07) is 3.69. The summed E-state index contributed by atoms with van der Waals surface area (Å²) in [6.07, 6.45) is 3.63. The molecule has 0 radical (unpaired) electrons. The average molecular weight is 471 g/mol. The standard InChI is InChI=1S/C23H34N8O3/c1-6-21(32)26-17-14-18(20(33-5)15-19(17)30(4)10-9-29(2)3)27-22-24-16-25-23(28-22)31-8-7-12-34-13-11-31/h6,14-16H,1,7-13H2,2-5H3,(H,26,32)(H,24,25,27,28). The third-order valence-corrected chi connectivity index (χ3v) is 5.37. The monoisotopic (exact) mass is 470 g/mol. The molecule has 1 aromatic heterocycles. The van der Waals surface area contributed by atoms with Crippen LogP contribution in [0.25, 0.3) is 0 Å². The van der Waals surface area contributed by atoms with E-state index >= 15 is 0 Å². The van der Waals surface area contributed by atoms with Crippen LogP contribution in [0.2, 0.25) is 0 Å². The quantitative estimate of drug-likeness (QED) is 0.500. The SMILES string of the molecule is C=CC(=O)Nc1cc(Nc2ncnc(N3CCCOCC3)n2)c(OC)cc1N(C)CCN(C)C. The zero-order valence-electron chi connectivity index (χ0n) is 20.4. The molecule has 1 aliphatic rings. The molecule has 0 saturated carbocycles. The highest BCUT2D eigenvalue weighted by molar-refractivity contribution is 6.02. The highest BCUT2D eigenvalue weighted by atomic mass is 16.5. The number of anilines is 5. The number of benzene rings is 1. The Kier molecular flexibility index (Phi) is 9.00. The van der Waals surface area contributed by atoms with Gasteiger partial charge in [0.05, 0.1) is 30.8 Å². The first-order chi connectivity index (χ1) is 16.4. The summed E-state index contributed by atoms with van der Waals surface area (Å²) in [6.45, 7) is 8.08. The minimum Gasteiger partial charge on any atom is -0.494 e. The van der Waals surface area contributed by atoms with Crippen molar-refractivity contribution in [3.63, 3.8) is 0 Å². The molecule has 11 nitrogen and oxygen atoms in total. The number of rotatable bonds is 10. The highest BCUT2D eigenvalue weighted by Crippen LogP contribution is 2.38. The number of likely N-dealkylation sites (N-methyl/N-ethyl adjacent to an activating group) is 2. The van der Waals surface area contributed by atoms with Crippen LogP contribution in [0.15, 0.2) is 31.1 Å². The normalized spacial score (nSPS) is 13.9. The minimum absolute atomic E-state index is 0.302. The summed E-state index contributed by atoms with van der Waals surface area (Å²) in [4.78, 5) is 31.6. The lowest BCUT2D eigenvalue weighted by atomic mass is 10.2. The number of amides is 1. The first kappa shape index (κ1) is 25.2.